The highest BCUT2D eigenvalue weighted by molar-refractivity contribution is 6.17. The molecule has 0 amide bonds. The number of methoxy groups -OCH3 is 2. The van der Waals surface area contributed by atoms with E-state index in [1.807, 2.05) is 45.1 Å². The lowest BCUT2D eigenvalue weighted by atomic mass is 9.73. The van der Waals surface area contributed by atoms with Crippen molar-refractivity contribution in [2.75, 3.05) is 14.2 Å². The van der Waals surface area contributed by atoms with Crippen molar-refractivity contribution in [3.8, 4) is 0 Å². The molecule has 8 bridgehead atoms. The van der Waals surface area contributed by atoms with Gasteiger partial charge in [-0.1, -0.05) is 13.8 Å². The van der Waals surface area contributed by atoms with Crippen LogP contribution in [0, 0.1) is 11.3 Å². The lowest BCUT2D eigenvalue weighted by Crippen LogP contribution is -2.27. The number of esters is 2. The van der Waals surface area contributed by atoms with Crippen LogP contribution < -0.4 is 0 Å². The fourth-order valence-electron chi connectivity index (χ4n) is 5.77. The number of fused-ring (bicyclic) bond motifs is 4. The van der Waals surface area contributed by atoms with Crippen molar-refractivity contribution in [1.29, 1.82) is 0 Å². The molecule has 0 aromatic rings. The number of rotatable bonds is 6. The van der Waals surface area contributed by atoms with E-state index in [1.54, 1.807) is 0 Å². The Morgan fingerprint density at radius 1 is 0.756 bits per heavy atom. The zero-order valence-corrected chi connectivity index (χ0v) is 24.8. The first-order chi connectivity index (χ1) is 19.5. The average molecular weight is 553 g/mol. The van der Waals surface area contributed by atoms with Crippen molar-refractivity contribution >= 4 is 34.8 Å². The minimum Gasteiger partial charge on any atom is -0.469 e. The number of ether oxygens (including phenoxy) is 2. The molecular weight excluding hydrogens is 516 g/mol. The molecule has 5 rings (SSSR count). The fourth-order valence-corrected chi connectivity index (χ4v) is 5.77. The van der Waals surface area contributed by atoms with Crippen LogP contribution in [0.4, 0.5) is 0 Å². The van der Waals surface area contributed by atoms with Crippen LogP contribution in [-0.2, 0) is 19.1 Å². The van der Waals surface area contributed by atoms with Crippen molar-refractivity contribution in [2.24, 2.45) is 31.3 Å². The van der Waals surface area contributed by atoms with Gasteiger partial charge in [0, 0.05) is 35.6 Å². The van der Waals surface area contributed by atoms with Crippen LogP contribution >= 0.6 is 0 Å². The molecule has 41 heavy (non-hydrogen) atoms. The number of carbonyl (C=O) groups is 2. The third kappa shape index (κ3) is 5.56. The molecule has 5 aliphatic heterocycles. The Kier molecular flexibility index (Phi) is 7.60. The topological polar surface area (TPSA) is 102 Å². The Morgan fingerprint density at radius 2 is 1.34 bits per heavy atom. The van der Waals surface area contributed by atoms with E-state index >= 15 is 0 Å². The molecule has 0 saturated carbocycles. The van der Waals surface area contributed by atoms with Gasteiger partial charge < -0.3 is 9.47 Å². The summed E-state index contributed by atoms with van der Waals surface area (Å²) in [5.74, 6) is -0.574. The number of hydrogen-bond acceptors (Lipinski definition) is 8. The fraction of sp³-hybridized carbons (Fsp3) is 0.394. The van der Waals surface area contributed by atoms with Crippen molar-refractivity contribution in [1.82, 2.24) is 0 Å². The number of carbonyl (C=O) groups excluding carboxylic acids is 2. The van der Waals surface area contributed by atoms with Gasteiger partial charge in [0.15, 0.2) is 0 Å². The number of aliphatic imine (C=N–C) groups is 4. The van der Waals surface area contributed by atoms with Gasteiger partial charge in [0.1, 0.15) is 0 Å². The maximum atomic E-state index is 12.2. The van der Waals surface area contributed by atoms with Gasteiger partial charge in [-0.05, 0) is 92.4 Å². The molecule has 1 unspecified atom stereocenters. The summed E-state index contributed by atoms with van der Waals surface area (Å²) in [6.45, 7) is 10.4. The average Bonchev–Trinajstić information content (AvgIpc) is 3.60. The Bertz CT molecular complexity index is 1580. The second kappa shape index (κ2) is 11.0. The SMILES string of the molecule is COC(=O)CCC1=C(C)C2=NC1=CC1=NC(=CC3=NC(=CC4=NC(=C2)C=C4C)C=C3C)C(C)(C)C1CCC(=O)OC. The van der Waals surface area contributed by atoms with Gasteiger partial charge in [-0.25, -0.2) is 15.0 Å². The Labute approximate surface area is 241 Å². The van der Waals surface area contributed by atoms with E-state index in [2.05, 4.69) is 26.0 Å². The number of hydrogen-bond donors (Lipinski definition) is 0. The summed E-state index contributed by atoms with van der Waals surface area (Å²) in [5.41, 5.74) is 10.4. The van der Waals surface area contributed by atoms with Gasteiger partial charge in [-0.2, -0.15) is 0 Å². The monoisotopic (exact) mass is 552 g/mol. The summed E-state index contributed by atoms with van der Waals surface area (Å²) in [6.07, 6.45) is 13.8. The van der Waals surface area contributed by atoms with E-state index < -0.39 is 0 Å². The first-order valence-corrected chi connectivity index (χ1v) is 13.9. The minimum absolute atomic E-state index is 0.0516. The molecule has 0 N–H and O–H groups in total. The Balaban J connectivity index is 1.69. The zero-order chi connectivity index (χ0) is 29.5. The molecule has 8 heteroatoms. The standard InChI is InChI=1S/C33H36N4O4/c1-18-12-22-15-27-20(3)23(8-10-31(38)40-6)28(36-27)16-29-24(9-11-32(39)41-7)33(4,5)30(37-29)17-26-19(2)13-21(35-26)14-25(18)34-22/h12-17,24H,8-11H2,1-7H3. The second-order valence-electron chi connectivity index (χ2n) is 11.4. The molecule has 1 atom stereocenters. The van der Waals surface area contributed by atoms with E-state index in [0.29, 0.717) is 12.8 Å². The molecular formula is C33H36N4O4. The van der Waals surface area contributed by atoms with Gasteiger partial charge >= 0.3 is 11.9 Å². The predicted molar refractivity (Wildman–Crippen MR) is 162 cm³/mol. The molecule has 0 fully saturated rings. The van der Waals surface area contributed by atoms with Crippen LogP contribution in [0.1, 0.15) is 60.3 Å². The summed E-state index contributed by atoms with van der Waals surface area (Å²) < 4.78 is 9.88. The molecule has 0 aliphatic carbocycles. The van der Waals surface area contributed by atoms with Crippen LogP contribution in [0.25, 0.3) is 0 Å². The second-order valence-corrected chi connectivity index (χ2v) is 11.4. The van der Waals surface area contributed by atoms with E-state index in [4.69, 9.17) is 29.4 Å². The van der Waals surface area contributed by atoms with Crippen LogP contribution in [0.15, 0.2) is 102 Å². The van der Waals surface area contributed by atoms with E-state index in [1.165, 1.54) is 14.2 Å². The molecule has 0 radical (unpaired) electrons. The quantitative estimate of drug-likeness (QED) is 0.371. The summed E-state index contributed by atoms with van der Waals surface area (Å²) in [5, 5.41) is 0. The molecule has 8 nitrogen and oxygen atoms in total. The van der Waals surface area contributed by atoms with Gasteiger partial charge in [0.25, 0.3) is 0 Å². The summed E-state index contributed by atoms with van der Waals surface area (Å²) in [4.78, 5) is 44.2. The van der Waals surface area contributed by atoms with Crippen molar-refractivity contribution in [2.45, 2.75) is 60.3 Å². The molecule has 5 heterocycles. The summed E-state index contributed by atoms with van der Waals surface area (Å²) in [7, 11) is 2.81. The van der Waals surface area contributed by atoms with E-state index in [9.17, 15) is 9.59 Å². The van der Waals surface area contributed by atoms with Crippen molar-refractivity contribution < 1.29 is 19.1 Å². The maximum Gasteiger partial charge on any atom is 0.305 e. The Morgan fingerprint density at radius 3 is 1.98 bits per heavy atom. The van der Waals surface area contributed by atoms with Crippen molar-refractivity contribution in [3.63, 3.8) is 0 Å². The third-order valence-corrected chi connectivity index (χ3v) is 8.36. The number of allylic oxidation sites excluding steroid dienone is 11. The maximum absolute atomic E-state index is 12.2. The van der Waals surface area contributed by atoms with Crippen LogP contribution in [0.5, 0.6) is 0 Å². The van der Waals surface area contributed by atoms with E-state index in [-0.39, 0.29) is 36.1 Å². The van der Waals surface area contributed by atoms with Crippen molar-refractivity contribution in [3.05, 3.63) is 81.5 Å². The first-order valence-electron chi connectivity index (χ1n) is 13.9. The van der Waals surface area contributed by atoms with E-state index in [0.717, 1.165) is 67.9 Å². The highest BCUT2D eigenvalue weighted by atomic mass is 16.5. The molecule has 5 aliphatic rings. The lowest BCUT2D eigenvalue weighted by Gasteiger charge is -2.28. The largest absolute Gasteiger partial charge is 0.469 e. The number of nitrogens with zero attached hydrogens (tertiary/aromatic N) is 4. The zero-order valence-electron chi connectivity index (χ0n) is 24.8. The molecule has 0 aromatic carbocycles. The normalized spacial score (nSPS) is 22.5. The summed E-state index contributed by atoms with van der Waals surface area (Å²) in [6, 6.07) is 0. The molecule has 0 aromatic heterocycles. The third-order valence-electron chi connectivity index (χ3n) is 8.36. The lowest BCUT2D eigenvalue weighted by molar-refractivity contribution is -0.141. The Hall–Kier alpha value is -4.20. The summed E-state index contributed by atoms with van der Waals surface area (Å²) >= 11 is 0. The highest BCUT2D eigenvalue weighted by Crippen LogP contribution is 2.46. The molecule has 0 saturated heterocycles. The smallest absolute Gasteiger partial charge is 0.305 e. The van der Waals surface area contributed by atoms with Crippen LogP contribution in [0.3, 0.4) is 0 Å². The highest BCUT2D eigenvalue weighted by Gasteiger charge is 2.42. The van der Waals surface area contributed by atoms with Gasteiger partial charge in [-0.3, -0.25) is 14.6 Å². The van der Waals surface area contributed by atoms with Gasteiger partial charge in [-0.15, -0.1) is 0 Å². The predicted octanol–water partition coefficient (Wildman–Crippen LogP) is 6.11. The minimum atomic E-state index is -0.371. The first kappa shape index (κ1) is 28.3. The molecule has 0 spiro atoms. The van der Waals surface area contributed by atoms with Gasteiger partial charge in [0.05, 0.1) is 48.4 Å². The molecule has 212 valence electrons. The van der Waals surface area contributed by atoms with Crippen LogP contribution in [0.2, 0.25) is 0 Å². The van der Waals surface area contributed by atoms with Crippen LogP contribution in [-0.4, -0.2) is 49.0 Å². The van der Waals surface area contributed by atoms with Gasteiger partial charge in [0.2, 0.25) is 0 Å².